The first-order valence-electron chi connectivity index (χ1n) is 8.90. The van der Waals surface area contributed by atoms with Gasteiger partial charge in [0.15, 0.2) is 0 Å². The molecular formula is C20H21FN6S. The third-order valence-corrected chi connectivity index (χ3v) is 5.61. The molecule has 0 aliphatic rings. The van der Waals surface area contributed by atoms with E-state index in [4.69, 9.17) is 0 Å². The average molecular weight is 396 g/mol. The van der Waals surface area contributed by atoms with E-state index in [1.165, 1.54) is 12.1 Å². The second-order valence-electron chi connectivity index (χ2n) is 6.87. The average Bonchev–Trinajstić information content (AvgIpc) is 3.29. The van der Waals surface area contributed by atoms with Crippen LogP contribution in [0.4, 0.5) is 10.2 Å². The third kappa shape index (κ3) is 3.61. The van der Waals surface area contributed by atoms with E-state index in [1.54, 1.807) is 34.5 Å². The molecule has 4 rings (SSSR count). The van der Waals surface area contributed by atoms with Crippen LogP contribution in [0.25, 0.3) is 21.3 Å². The number of aromatic nitrogens is 4. The van der Waals surface area contributed by atoms with E-state index < -0.39 is 0 Å². The summed E-state index contributed by atoms with van der Waals surface area (Å²) in [5.74, 6) is 0.532. The number of hydrogen-bond acceptors (Lipinski definition) is 6. The molecule has 0 saturated carbocycles. The van der Waals surface area contributed by atoms with Crippen molar-refractivity contribution < 1.29 is 4.39 Å². The number of hydrogen-bond donors (Lipinski definition) is 1. The summed E-state index contributed by atoms with van der Waals surface area (Å²) in [7, 11) is 6.00. The van der Waals surface area contributed by atoms with Gasteiger partial charge in [-0.25, -0.2) is 14.4 Å². The van der Waals surface area contributed by atoms with Crippen molar-refractivity contribution in [1.82, 2.24) is 24.6 Å². The summed E-state index contributed by atoms with van der Waals surface area (Å²) in [5, 5.41) is 10.8. The molecule has 4 aromatic rings. The van der Waals surface area contributed by atoms with Crippen LogP contribution in [0.15, 0.2) is 48.4 Å². The highest BCUT2D eigenvalue weighted by atomic mass is 32.1. The van der Waals surface area contributed by atoms with Crippen molar-refractivity contribution in [2.45, 2.75) is 6.04 Å². The van der Waals surface area contributed by atoms with Crippen LogP contribution in [-0.2, 0) is 7.05 Å². The number of benzene rings is 1. The lowest BCUT2D eigenvalue weighted by Gasteiger charge is -2.24. The fourth-order valence-electron chi connectivity index (χ4n) is 3.26. The largest absolute Gasteiger partial charge is 0.367 e. The van der Waals surface area contributed by atoms with Gasteiger partial charge in [0.2, 0.25) is 0 Å². The molecule has 1 atom stereocenters. The van der Waals surface area contributed by atoms with Crippen LogP contribution >= 0.6 is 11.3 Å². The molecule has 3 aromatic heterocycles. The summed E-state index contributed by atoms with van der Waals surface area (Å²) in [6, 6.07) is 6.66. The molecule has 144 valence electrons. The molecule has 0 aliphatic heterocycles. The monoisotopic (exact) mass is 396 g/mol. The summed E-state index contributed by atoms with van der Waals surface area (Å²) in [4.78, 5) is 11.9. The molecule has 1 aromatic carbocycles. The Morgan fingerprint density at radius 2 is 2.00 bits per heavy atom. The lowest BCUT2D eigenvalue weighted by atomic mass is 10.1. The van der Waals surface area contributed by atoms with Gasteiger partial charge in [0, 0.05) is 36.3 Å². The SMILES string of the molecule is CN(C)C(CNc1ncnc2scc(-c3ccc(F)cc3)c12)c1cnn(C)c1. The predicted octanol–water partition coefficient (Wildman–Crippen LogP) is 3.95. The molecule has 0 aliphatic carbocycles. The number of aryl methyl sites for hydroxylation is 1. The van der Waals surface area contributed by atoms with Crippen LogP contribution in [0.1, 0.15) is 11.6 Å². The van der Waals surface area contributed by atoms with E-state index in [1.807, 2.05) is 38.9 Å². The molecule has 0 radical (unpaired) electrons. The minimum atomic E-state index is -0.247. The number of halogens is 1. The molecule has 28 heavy (non-hydrogen) atoms. The van der Waals surface area contributed by atoms with Crippen LogP contribution in [0, 0.1) is 5.82 Å². The second-order valence-corrected chi connectivity index (χ2v) is 7.72. The molecule has 0 bridgehead atoms. The van der Waals surface area contributed by atoms with Crippen molar-refractivity contribution in [3.63, 3.8) is 0 Å². The van der Waals surface area contributed by atoms with Gasteiger partial charge in [-0.1, -0.05) is 12.1 Å². The van der Waals surface area contributed by atoms with Crippen molar-refractivity contribution in [1.29, 1.82) is 0 Å². The van der Waals surface area contributed by atoms with Crippen molar-refractivity contribution in [2.75, 3.05) is 26.0 Å². The number of nitrogens with zero attached hydrogens (tertiary/aromatic N) is 5. The van der Waals surface area contributed by atoms with E-state index in [0.717, 1.165) is 32.7 Å². The first-order valence-corrected chi connectivity index (χ1v) is 9.78. The fourth-order valence-corrected chi connectivity index (χ4v) is 4.17. The maximum atomic E-state index is 13.3. The minimum absolute atomic E-state index is 0.145. The minimum Gasteiger partial charge on any atom is -0.367 e. The maximum Gasteiger partial charge on any atom is 0.138 e. The zero-order valence-electron chi connectivity index (χ0n) is 15.9. The van der Waals surface area contributed by atoms with E-state index in [-0.39, 0.29) is 11.9 Å². The van der Waals surface area contributed by atoms with Crippen molar-refractivity contribution in [2.24, 2.45) is 7.05 Å². The Morgan fingerprint density at radius 1 is 1.21 bits per heavy atom. The standard InChI is InChI=1S/C20H21FN6S/c1-26(2)17(14-8-25-27(3)10-14)9-22-19-18-16(11-28-20(18)24-12-23-19)13-4-6-15(21)7-5-13/h4-8,10-12,17H,9H2,1-3H3,(H,22,23,24). The molecule has 1 N–H and O–H groups in total. The van der Waals surface area contributed by atoms with Gasteiger partial charge < -0.3 is 10.2 Å². The number of nitrogens with one attached hydrogen (secondary N) is 1. The van der Waals surface area contributed by atoms with E-state index in [9.17, 15) is 4.39 Å². The molecule has 0 amide bonds. The lowest BCUT2D eigenvalue weighted by Crippen LogP contribution is -2.26. The van der Waals surface area contributed by atoms with E-state index in [2.05, 4.69) is 25.3 Å². The van der Waals surface area contributed by atoms with Gasteiger partial charge in [-0.3, -0.25) is 4.68 Å². The van der Waals surface area contributed by atoms with Gasteiger partial charge in [0.25, 0.3) is 0 Å². The third-order valence-electron chi connectivity index (χ3n) is 4.72. The zero-order valence-corrected chi connectivity index (χ0v) is 16.7. The molecule has 8 heteroatoms. The van der Waals surface area contributed by atoms with Gasteiger partial charge in [0.05, 0.1) is 17.6 Å². The Balaban J connectivity index is 1.67. The van der Waals surface area contributed by atoms with Crippen LogP contribution in [0.3, 0.4) is 0 Å². The molecule has 0 spiro atoms. The first-order chi connectivity index (χ1) is 13.5. The highest BCUT2D eigenvalue weighted by Gasteiger charge is 2.18. The van der Waals surface area contributed by atoms with Gasteiger partial charge in [-0.15, -0.1) is 11.3 Å². The highest BCUT2D eigenvalue weighted by molar-refractivity contribution is 7.17. The molecule has 6 nitrogen and oxygen atoms in total. The van der Waals surface area contributed by atoms with Gasteiger partial charge in [0.1, 0.15) is 22.8 Å². The van der Waals surface area contributed by atoms with Crippen molar-refractivity contribution in [3.8, 4) is 11.1 Å². The summed E-state index contributed by atoms with van der Waals surface area (Å²) >= 11 is 1.56. The lowest BCUT2D eigenvalue weighted by molar-refractivity contribution is 0.311. The quantitative estimate of drug-likeness (QED) is 0.535. The summed E-state index contributed by atoms with van der Waals surface area (Å²) in [5.41, 5.74) is 3.09. The zero-order chi connectivity index (χ0) is 19.7. The molecule has 0 fully saturated rings. The maximum absolute atomic E-state index is 13.3. The fraction of sp³-hybridized carbons (Fsp3) is 0.250. The molecular weight excluding hydrogens is 375 g/mol. The number of fused-ring (bicyclic) bond motifs is 1. The summed E-state index contributed by atoms with van der Waals surface area (Å²) < 4.78 is 15.1. The van der Waals surface area contributed by atoms with Crippen LogP contribution in [0.5, 0.6) is 0 Å². The molecule has 1 unspecified atom stereocenters. The number of likely N-dealkylation sites (N-methyl/N-ethyl adjacent to an activating group) is 1. The number of thiophene rings is 1. The van der Waals surface area contributed by atoms with Crippen molar-refractivity contribution in [3.05, 3.63) is 59.7 Å². The number of rotatable bonds is 6. The summed E-state index contributed by atoms with van der Waals surface area (Å²) in [6.07, 6.45) is 5.48. The van der Waals surface area contributed by atoms with E-state index >= 15 is 0 Å². The smallest absolute Gasteiger partial charge is 0.138 e. The summed E-state index contributed by atoms with van der Waals surface area (Å²) in [6.45, 7) is 0.670. The van der Waals surface area contributed by atoms with Gasteiger partial charge >= 0.3 is 0 Å². The Labute approximate surface area is 166 Å². The number of anilines is 1. The first kappa shape index (κ1) is 18.5. The van der Waals surface area contributed by atoms with Crippen molar-refractivity contribution >= 4 is 27.4 Å². The Kier molecular flexibility index (Phi) is 5.06. The van der Waals surface area contributed by atoms with E-state index in [0.29, 0.717) is 6.54 Å². The van der Waals surface area contributed by atoms with Crippen LogP contribution in [0.2, 0.25) is 0 Å². The normalized spacial score (nSPS) is 12.6. The van der Waals surface area contributed by atoms with Gasteiger partial charge in [-0.05, 0) is 31.8 Å². The Hall–Kier alpha value is -2.84. The Bertz CT molecular complexity index is 1090. The second kappa shape index (κ2) is 7.65. The predicted molar refractivity (Wildman–Crippen MR) is 111 cm³/mol. The van der Waals surface area contributed by atoms with Crippen LogP contribution in [-0.4, -0.2) is 45.3 Å². The molecule has 3 heterocycles. The van der Waals surface area contributed by atoms with Crippen LogP contribution < -0.4 is 5.32 Å². The van der Waals surface area contributed by atoms with Gasteiger partial charge in [-0.2, -0.15) is 5.10 Å². The Morgan fingerprint density at radius 3 is 2.68 bits per heavy atom. The highest BCUT2D eigenvalue weighted by Crippen LogP contribution is 2.36. The topological polar surface area (TPSA) is 58.9 Å². The molecule has 0 saturated heterocycles.